The summed E-state index contributed by atoms with van der Waals surface area (Å²) >= 11 is 0. The van der Waals surface area contributed by atoms with E-state index in [-0.39, 0.29) is 6.04 Å². The van der Waals surface area contributed by atoms with E-state index in [1.54, 1.807) is 7.11 Å². The number of fused-ring (bicyclic) bond motifs is 1. The van der Waals surface area contributed by atoms with Crippen molar-refractivity contribution in [3.05, 3.63) is 30.1 Å². The van der Waals surface area contributed by atoms with Crippen LogP contribution in [0.1, 0.15) is 12.6 Å². The average Bonchev–Trinajstić information content (AvgIpc) is 2.83. The Kier molecular flexibility index (Phi) is 4.35. The summed E-state index contributed by atoms with van der Waals surface area (Å²) in [7, 11) is 1.65. The molecule has 0 saturated heterocycles. The highest BCUT2D eigenvalue weighted by molar-refractivity contribution is 5.78. The monoisotopic (exact) mass is 261 g/mol. The van der Waals surface area contributed by atoms with Gasteiger partial charge in [-0.05, 0) is 25.1 Å². The first kappa shape index (κ1) is 13.4. The number of hydrogen-bond donors (Lipinski definition) is 3. The maximum absolute atomic E-state index is 5.79. The number of methoxy groups -OCH3 is 1. The molecule has 0 bridgehead atoms. The van der Waals surface area contributed by atoms with E-state index in [9.17, 15) is 0 Å². The van der Waals surface area contributed by atoms with Gasteiger partial charge in [0.25, 0.3) is 0 Å². The molecule has 4 N–H and O–H groups in total. The van der Waals surface area contributed by atoms with Crippen molar-refractivity contribution >= 4 is 17.0 Å². The number of aliphatic imine (C=N–C) groups is 1. The predicted molar refractivity (Wildman–Crippen MR) is 75.9 cm³/mol. The summed E-state index contributed by atoms with van der Waals surface area (Å²) in [6, 6.07) is 6.08. The standard InChI is InChI=1S/C13H19N5O/c1-9(8-19-2)17-13(14)16-7-11-4-3-10-5-6-15-12(10)18-11/h3-6,9H,7-8H2,1-2H3,(H,15,18)(H3,14,16,17). The van der Waals surface area contributed by atoms with E-state index in [2.05, 4.69) is 20.3 Å². The number of aromatic amines is 1. The fourth-order valence-electron chi connectivity index (χ4n) is 1.81. The third-order valence-electron chi connectivity index (χ3n) is 2.69. The highest BCUT2D eigenvalue weighted by Gasteiger charge is 2.02. The minimum atomic E-state index is 0.132. The van der Waals surface area contributed by atoms with Crippen molar-refractivity contribution in [2.45, 2.75) is 19.5 Å². The quantitative estimate of drug-likeness (QED) is 0.553. The molecule has 0 aliphatic rings. The lowest BCUT2D eigenvalue weighted by molar-refractivity contribution is 0.179. The zero-order chi connectivity index (χ0) is 13.7. The fourth-order valence-corrected chi connectivity index (χ4v) is 1.81. The Morgan fingerprint density at radius 2 is 2.37 bits per heavy atom. The lowest BCUT2D eigenvalue weighted by Crippen LogP contribution is -2.40. The van der Waals surface area contributed by atoms with Gasteiger partial charge in [0.1, 0.15) is 5.65 Å². The maximum Gasteiger partial charge on any atom is 0.189 e. The van der Waals surface area contributed by atoms with Crippen LogP contribution in [0, 0.1) is 0 Å². The molecule has 1 unspecified atom stereocenters. The summed E-state index contributed by atoms with van der Waals surface area (Å²) in [5.74, 6) is 0.401. The van der Waals surface area contributed by atoms with E-state index in [1.165, 1.54) is 0 Å². The van der Waals surface area contributed by atoms with Gasteiger partial charge in [-0.15, -0.1) is 0 Å². The second kappa shape index (κ2) is 6.19. The number of nitrogens with two attached hydrogens (primary N) is 1. The van der Waals surface area contributed by atoms with Gasteiger partial charge < -0.3 is 20.8 Å². The first-order valence-electron chi connectivity index (χ1n) is 6.17. The lowest BCUT2D eigenvalue weighted by atomic mass is 10.3. The number of guanidine groups is 1. The number of nitrogens with zero attached hydrogens (tertiary/aromatic N) is 2. The van der Waals surface area contributed by atoms with Gasteiger partial charge in [-0.2, -0.15) is 0 Å². The predicted octanol–water partition coefficient (Wildman–Crippen LogP) is 1.00. The molecule has 0 amide bonds. The van der Waals surface area contributed by atoms with E-state index in [0.717, 1.165) is 16.7 Å². The van der Waals surface area contributed by atoms with Gasteiger partial charge in [0.05, 0.1) is 18.8 Å². The molecule has 102 valence electrons. The Morgan fingerprint density at radius 3 is 3.16 bits per heavy atom. The van der Waals surface area contributed by atoms with Crippen molar-refractivity contribution < 1.29 is 4.74 Å². The fraction of sp³-hybridized carbons (Fsp3) is 0.385. The van der Waals surface area contributed by atoms with Crippen LogP contribution in [-0.2, 0) is 11.3 Å². The number of hydrogen-bond acceptors (Lipinski definition) is 3. The van der Waals surface area contributed by atoms with E-state index < -0.39 is 0 Å². The molecule has 0 radical (unpaired) electrons. The van der Waals surface area contributed by atoms with Gasteiger partial charge in [0.2, 0.25) is 0 Å². The van der Waals surface area contributed by atoms with E-state index >= 15 is 0 Å². The topological polar surface area (TPSA) is 88.3 Å². The third-order valence-corrected chi connectivity index (χ3v) is 2.69. The molecule has 2 heterocycles. The van der Waals surface area contributed by atoms with Crippen LogP contribution in [0.25, 0.3) is 11.0 Å². The lowest BCUT2D eigenvalue weighted by Gasteiger charge is -2.12. The average molecular weight is 261 g/mol. The second-order valence-electron chi connectivity index (χ2n) is 4.42. The minimum absolute atomic E-state index is 0.132. The number of H-pyrrole nitrogens is 1. The van der Waals surface area contributed by atoms with Crippen molar-refractivity contribution in [1.82, 2.24) is 15.3 Å². The van der Waals surface area contributed by atoms with Gasteiger partial charge in [0, 0.05) is 24.7 Å². The van der Waals surface area contributed by atoms with Crippen molar-refractivity contribution in [3.63, 3.8) is 0 Å². The first-order valence-corrected chi connectivity index (χ1v) is 6.17. The van der Waals surface area contributed by atoms with E-state index in [1.807, 2.05) is 31.3 Å². The van der Waals surface area contributed by atoms with Gasteiger partial charge in [-0.1, -0.05) is 0 Å². The molecule has 2 rings (SSSR count). The summed E-state index contributed by atoms with van der Waals surface area (Å²) in [4.78, 5) is 11.8. The molecule has 0 saturated carbocycles. The Labute approximate surface area is 112 Å². The van der Waals surface area contributed by atoms with Crippen molar-refractivity contribution in [3.8, 4) is 0 Å². The largest absolute Gasteiger partial charge is 0.383 e. The summed E-state index contributed by atoms with van der Waals surface area (Å²) < 4.78 is 5.02. The number of rotatable bonds is 5. The molecule has 0 spiro atoms. The molecule has 6 nitrogen and oxygen atoms in total. The van der Waals surface area contributed by atoms with Gasteiger partial charge in [-0.25, -0.2) is 9.98 Å². The Morgan fingerprint density at radius 1 is 1.53 bits per heavy atom. The first-order chi connectivity index (χ1) is 9.19. The smallest absolute Gasteiger partial charge is 0.189 e. The Bertz CT molecular complexity index is 563. The summed E-state index contributed by atoms with van der Waals surface area (Å²) in [5, 5.41) is 4.14. The molecular formula is C13H19N5O. The second-order valence-corrected chi connectivity index (χ2v) is 4.42. The zero-order valence-electron chi connectivity index (χ0n) is 11.2. The molecular weight excluding hydrogens is 242 g/mol. The molecule has 2 aromatic heterocycles. The zero-order valence-corrected chi connectivity index (χ0v) is 11.2. The Hall–Kier alpha value is -2.08. The van der Waals surface area contributed by atoms with Crippen molar-refractivity contribution in [1.29, 1.82) is 0 Å². The van der Waals surface area contributed by atoms with Crippen LogP contribution in [0.15, 0.2) is 29.4 Å². The van der Waals surface area contributed by atoms with Crippen LogP contribution in [0.4, 0.5) is 0 Å². The maximum atomic E-state index is 5.79. The van der Waals surface area contributed by atoms with E-state index in [4.69, 9.17) is 10.5 Å². The SMILES string of the molecule is COCC(C)NC(N)=NCc1ccc2cc[nH]c2n1. The molecule has 0 aliphatic heterocycles. The molecule has 0 aromatic carbocycles. The van der Waals surface area contributed by atoms with Gasteiger partial charge in [0.15, 0.2) is 5.96 Å². The highest BCUT2D eigenvalue weighted by atomic mass is 16.5. The normalized spacial score (nSPS) is 13.7. The number of aromatic nitrogens is 2. The van der Waals surface area contributed by atoms with Crippen LogP contribution < -0.4 is 11.1 Å². The highest BCUT2D eigenvalue weighted by Crippen LogP contribution is 2.10. The van der Waals surface area contributed by atoms with Gasteiger partial charge in [-0.3, -0.25) is 0 Å². The number of nitrogens with one attached hydrogen (secondary N) is 2. The third kappa shape index (κ3) is 3.69. The Balaban J connectivity index is 1.96. The molecule has 2 aromatic rings. The molecule has 1 atom stereocenters. The summed E-state index contributed by atoms with van der Waals surface area (Å²) in [5.41, 5.74) is 7.53. The number of pyridine rings is 1. The van der Waals surface area contributed by atoms with Crippen LogP contribution in [0.5, 0.6) is 0 Å². The van der Waals surface area contributed by atoms with Crippen LogP contribution in [-0.4, -0.2) is 35.7 Å². The minimum Gasteiger partial charge on any atom is -0.383 e. The summed E-state index contributed by atoms with van der Waals surface area (Å²) in [6.07, 6.45) is 1.87. The van der Waals surface area contributed by atoms with E-state index in [0.29, 0.717) is 19.1 Å². The molecule has 0 fully saturated rings. The number of ether oxygens (including phenoxy) is 1. The van der Waals surface area contributed by atoms with Crippen LogP contribution in [0.3, 0.4) is 0 Å². The summed E-state index contributed by atoms with van der Waals surface area (Å²) in [6.45, 7) is 3.02. The van der Waals surface area contributed by atoms with Crippen molar-refractivity contribution in [2.75, 3.05) is 13.7 Å². The molecule has 19 heavy (non-hydrogen) atoms. The van der Waals surface area contributed by atoms with Crippen molar-refractivity contribution in [2.24, 2.45) is 10.7 Å². The van der Waals surface area contributed by atoms with Crippen LogP contribution >= 0.6 is 0 Å². The van der Waals surface area contributed by atoms with Gasteiger partial charge >= 0.3 is 0 Å². The molecule has 6 heteroatoms. The van der Waals surface area contributed by atoms with Crippen LogP contribution in [0.2, 0.25) is 0 Å². The molecule has 0 aliphatic carbocycles.